The van der Waals surface area contributed by atoms with E-state index in [2.05, 4.69) is 11.8 Å². The minimum atomic E-state index is -0.164. The number of amides is 1. The van der Waals surface area contributed by atoms with E-state index in [1.165, 1.54) is 0 Å². The van der Waals surface area contributed by atoms with Crippen LogP contribution in [0.1, 0.15) is 18.4 Å². The molecule has 0 aliphatic carbocycles. The predicted octanol–water partition coefficient (Wildman–Crippen LogP) is 1.16. The van der Waals surface area contributed by atoms with Gasteiger partial charge in [-0.3, -0.25) is 4.79 Å². The summed E-state index contributed by atoms with van der Waals surface area (Å²) >= 11 is 0. The molecule has 3 nitrogen and oxygen atoms in total. The lowest BCUT2D eigenvalue weighted by molar-refractivity contribution is -0.117. The van der Waals surface area contributed by atoms with Crippen LogP contribution < -0.4 is 4.90 Å². The smallest absolute Gasteiger partial charge is 0.227 e. The van der Waals surface area contributed by atoms with Gasteiger partial charge in [-0.15, -0.1) is 0 Å². The Morgan fingerprint density at radius 3 is 2.88 bits per heavy atom. The summed E-state index contributed by atoms with van der Waals surface area (Å²) in [6.45, 7) is 0.596. The summed E-state index contributed by atoms with van der Waals surface area (Å²) < 4.78 is 0. The quantitative estimate of drug-likeness (QED) is 0.714. The minimum absolute atomic E-state index is 0.151. The van der Waals surface area contributed by atoms with Crippen LogP contribution in [0.3, 0.4) is 0 Å². The molecule has 1 N–H and O–H groups in total. The summed E-state index contributed by atoms with van der Waals surface area (Å²) in [6.07, 6.45) is 1.52. The Morgan fingerprint density at radius 2 is 2.19 bits per heavy atom. The Bertz CT molecular complexity index is 456. The van der Waals surface area contributed by atoms with E-state index in [0.29, 0.717) is 6.42 Å². The lowest BCUT2D eigenvalue weighted by Crippen LogP contribution is -2.24. The Labute approximate surface area is 94.7 Å². The number of benzene rings is 1. The second kappa shape index (κ2) is 4.82. The molecule has 1 aromatic rings. The predicted molar refractivity (Wildman–Crippen MR) is 62.0 cm³/mol. The Hall–Kier alpha value is -1.79. The van der Waals surface area contributed by atoms with Gasteiger partial charge in [0.05, 0.1) is 5.69 Å². The highest BCUT2D eigenvalue weighted by Gasteiger charge is 2.22. The molecule has 1 amide bonds. The van der Waals surface area contributed by atoms with E-state index in [9.17, 15) is 4.79 Å². The highest BCUT2D eigenvalue weighted by atomic mass is 16.2. The van der Waals surface area contributed by atoms with Crippen molar-refractivity contribution < 1.29 is 9.90 Å². The van der Waals surface area contributed by atoms with E-state index >= 15 is 0 Å². The van der Waals surface area contributed by atoms with Crippen LogP contribution in [0.25, 0.3) is 0 Å². The van der Waals surface area contributed by atoms with Gasteiger partial charge in [0.1, 0.15) is 6.61 Å². The van der Waals surface area contributed by atoms with E-state index in [-0.39, 0.29) is 12.5 Å². The second-order valence-corrected chi connectivity index (χ2v) is 3.63. The minimum Gasteiger partial charge on any atom is -0.384 e. The normalized spacial score (nSPS) is 14.8. The standard InChI is InChI=1S/C13H13NO2/c15-10-4-6-11-5-1-2-7-12(11)14-9-3-8-13(14)16/h1-2,5,7,15H,3,8-10H2. The van der Waals surface area contributed by atoms with Crippen molar-refractivity contribution in [3.63, 3.8) is 0 Å². The number of rotatable bonds is 1. The van der Waals surface area contributed by atoms with E-state index in [1.807, 2.05) is 24.3 Å². The van der Waals surface area contributed by atoms with Crippen LogP contribution in [0.5, 0.6) is 0 Å². The zero-order valence-electron chi connectivity index (χ0n) is 8.94. The van der Waals surface area contributed by atoms with E-state index < -0.39 is 0 Å². The third-order valence-electron chi connectivity index (χ3n) is 2.57. The molecule has 1 aliphatic heterocycles. The molecule has 1 heterocycles. The summed E-state index contributed by atoms with van der Waals surface area (Å²) in [5.74, 6) is 5.63. The summed E-state index contributed by atoms with van der Waals surface area (Å²) in [4.78, 5) is 13.4. The monoisotopic (exact) mass is 215 g/mol. The van der Waals surface area contributed by atoms with Crippen molar-refractivity contribution in [1.29, 1.82) is 0 Å². The number of anilines is 1. The van der Waals surface area contributed by atoms with Gasteiger partial charge < -0.3 is 10.0 Å². The average molecular weight is 215 g/mol. The van der Waals surface area contributed by atoms with Crippen molar-refractivity contribution in [1.82, 2.24) is 0 Å². The highest BCUT2D eigenvalue weighted by molar-refractivity contribution is 5.96. The number of para-hydroxylation sites is 1. The molecule has 1 saturated heterocycles. The van der Waals surface area contributed by atoms with Gasteiger partial charge in [0, 0.05) is 18.5 Å². The van der Waals surface area contributed by atoms with Crippen molar-refractivity contribution in [3.05, 3.63) is 29.8 Å². The molecule has 82 valence electrons. The van der Waals surface area contributed by atoms with Crippen molar-refractivity contribution >= 4 is 11.6 Å². The molecule has 2 rings (SSSR count). The zero-order valence-corrected chi connectivity index (χ0v) is 8.94. The molecule has 0 saturated carbocycles. The number of carbonyl (C=O) groups is 1. The molecule has 1 aromatic carbocycles. The molecular formula is C13H13NO2. The van der Waals surface area contributed by atoms with Crippen LogP contribution in [0.4, 0.5) is 5.69 Å². The first-order valence-electron chi connectivity index (χ1n) is 5.32. The van der Waals surface area contributed by atoms with Gasteiger partial charge in [-0.1, -0.05) is 24.0 Å². The molecule has 16 heavy (non-hydrogen) atoms. The van der Waals surface area contributed by atoms with Gasteiger partial charge in [0.25, 0.3) is 0 Å². The van der Waals surface area contributed by atoms with Gasteiger partial charge in [-0.2, -0.15) is 0 Å². The van der Waals surface area contributed by atoms with Crippen molar-refractivity contribution in [3.8, 4) is 11.8 Å². The number of nitrogens with zero attached hydrogens (tertiary/aromatic N) is 1. The molecule has 0 aromatic heterocycles. The molecule has 0 spiro atoms. The summed E-state index contributed by atoms with van der Waals surface area (Å²) in [7, 11) is 0. The summed E-state index contributed by atoms with van der Waals surface area (Å²) in [6, 6.07) is 7.53. The lowest BCUT2D eigenvalue weighted by Gasteiger charge is -2.17. The SMILES string of the molecule is O=C1CCCN1c1ccccc1C#CCO. The molecule has 1 aliphatic rings. The zero-order chi connectivity index (χ0) is 11.4. The molecule has 1 fully saturated rings. The van der Waals surface area contributed by atoms with Crippen molar-refractivity contribution in [2.45, 2.75) is 12.8 Å². The van der Waals surface area contributed by atoms with Crippen LogP contribution >= 0.6 is 0 Å². The second-order valence-electron chi connectivity index (χ2n) is 3.63. The van der Waals surface area contributed by atoms with Gasteiger partial charge in [-0.25, -0.2) is 0 Å². The molecule has 0 radical (unpaired) electrons. The fraction of sp³-hybridized carbons (Fsp3) is 0.308. The third kappa shape index (κ3) is 2.07. The fourth-order valence-electron chi connectivity index (χ4n) is 1.85. The van der Waals surface area contributed by atoms with Gasteiger partial charge in [0.15, 0.2) is 0 Å². The fourth-order valence-corrected chi connectivity index (χ4v) is 1.85. The maximum absolute atomic E-state index is 11.6. The first kappa shape index (κ1) is 10.7. The lowest BCUT2D eigenvalue weighted by atomic mass is 10.1. The number of hydrogen-bond acceptors (Lipinski definition) is 2. The van der Waals surface area contributed by atoms with Gasteiger partial charge in [0.2, 0.25) is 5.91 Å². The Balaban J connectivity index is 2.36. The largest absolute Gasteiger partial charge is 0.384 e. The Kier molecular flexibility index (Phi) is 3.23. The van der Waals surface area contributed by atoms with Crippen LogP contribution in [-0.4, -0.2) is 24.2 Å². The van der Waals surface area contributed by atoms with Crippen LogP contribution in [0.15, 0.2) is 24.3 Å². The van der Waals surface area contributed by atoms with Crippen LogP contribution in [0, 0.1) is 11.8 Å². The topological polar surface area (TPSA) is 40.5 Å². The summed E-state index contributed by atoms with van der Waals surface area (Å²) in [5, 5.41) is 8.68. The van der Waals surface area contributed by atoms with Crippen LogP contribution in [-0.2, 0) is 4.79 Å². The molecule has 3 heteroatoms. The molecule has 0 atom stereocenters. The Morgan fingerprint density at radius 1 is 1.38 bits per heavy atom. The number of hydrogen-bond donors (Lipinski definition) is 1. The first-order chi connectivity index (χ1) is 7.83. The summed E-state index contributed by atoms with van der Waals surface area (Å²) in [5.41, 5.74) is 1.65. The third-order valence-corrected chi connectivity index (χ3v) is 2.57. The van der Waals surface area contributed by atoms with Crippen molar-refractivity contribution in [2.24, 2.45) is 0 Å². The average Bonchev–Trinajstić information content (AvgIpc) is 2.73. The molecule has 0 unspecified atom stereocenters. The maximum Gasteiger partial charge on any atom is 0.227 e. The van der Waals surface area contributed by atoms with Crippen molar-refractivity contribution in [2.75, 3.05) is 18.1 Å². The number of aliphatic hydroxyl groups is 1. The molecule has 0 bridgehead atoms. The number of carbonyl (C=O) groups excluding carboxylic acids is 1. The van der Waals surface area contributed by atoms with Crippen LogP contribution in [0.2, 0.25) is 0 Å². The van der Waals surface area contributed by atoms with Gasteiger partial charge >= 0.3 is 0 Å². The first-order valence-corrected chi connectivity index (χ1v) is 5.32. The number of aliphatic hydroxyl groups excluding tert-OH is 1. The highest BCUT2D eigenvalue weighted by Crippen LogP contribution is 2.24. The maximum atomic E-state index is 11.6. The van der Waals surface area contributed by atoms with E-state index in [0.717, 1.165) is 24.2 Å². The van der Waals surface area contributed by atoms with Gasteiger partial charge in [-0.05, 0) is 18.6 Å². The molecular weight excluding hydrogens is 202 g/mol. The van der Waals surface area contributed by atoms with E-state index in [1.54, 1.807) is 4.90 Å². The van der Waals surface area contributed by atoms with E-state index in [4.69, 9.17) is 5.11 Å².